The Morgan fingerprint density at radius 2 is 2.17 bits per heavy atom. The number of nitrogens with zero attached hydrogens (tertiary/aromatic N) is 2. The molecule has 0 aliphatic heterocycles. The van der Waals surface area contributed by atoms with Gasteiger partial charge in [0.25, 0.3) is 0 Å². The summed E-state index contributed by atoms with van der Waals surface area (Å²) in [7, 11) is 1.80. The molecule has 0 fully saturated rings. The van der Waals surface area contributed by atoms with Gasteiger partial charge in [0.2, 0.25) is 0 Å². The maximum atomic E-state index is 13.5. The van der Waals surface area contributed by atoms with Crippen molar-refractivity contribution in [3.8, 4) is 11.5 Å². The van der Waals surface area contributed by atoms with Gasteiger partial charge in [-0.15, -0.1) is 0 Å². The van der Waals surface area contributed by atoms with E-state index in [1.165, 1.54) is 6.07 Å². The summed E-state index contributed by atoms with van der Waals surface area (Å²) in [6.45, 7) is 3.48. The number of ether oxygens (including phenoxy) is 1. The van der Waals surface area contributed by atoms with Crippen LogP contribution in [0, 0.1) is 12.7 Å². The van der Waals surface area contributed by atoms with Crippen LogP contribution in [0.5, 0.6) is 11.5 Å². The van der Waals surface area contributed by atoms with Crippen LogP contribution in [0.3, 0.4) is 0 Å². The van der Waals surface area contributed by atoms with Crippen LogP contribution in [0.1, 0.15) is 24.1 Å². The smallest absolute Gasteiger partial charge is 0.165 e. The highest BCUT2D eigenvalue weighted by Gasteiger charge is 2.13. The molecule has 2 aromatic rings. The lowest BCUT2D eigenvalue weighted by Crippen LogP contribution is -2.07. The number of nitrogens with two attached hydrogens (primary N) is 1. The maximum Gasteiger partial charge on any atom is 0.165 e. The average molecular weight is 249 g/mol. The fourth-order valence-corrected chi connectivity index (χ4v) is 1.69. The van der Waals surface area contributed by atoms with Gasteiger partial charge in [-0.25, -0.2) is 4.39 Å². The molecule has 2 rings (SSSR count). The molecular formula is C13H16FN3O. The van der Waals surface area contributed by atoms with Gasteiger partial charge in [-0.05, 0) is 31.5 Å². The van der Waals surface area contributed by atoms with Gasteiger partial charge in [-0.1, -0.05) is 0 Å². The number of halogens is 1. The molecule has 1 atom stereocenters. The van der Waals surface area contributed by atoms with Crippen LogP contribution in [0.2, 0.25) is 0 Å². The third-order valence-corrected chi connectivity index (χ3v) is 2.69. The van der Waals surface area contributed by atoms with Crippen molar-refractivity contribution in [1.82, 2.24) is 9.78 Å². The summed E-state index contributed by atoms with van der Waals surface area (Å²) >= 11 is 0. The van der Waals surface area contributed by atoms with E-state index in [9.17, 15) is 4.39 Å². The van der Waals surface area contributed by atoms with E-state index in [-0.39, 0.29) is 11.9 Å². The van der Waals surface area contributed by atoms with Crippen molar-refractivity contribution < 1.29 is 9.13 Å². The van der Waals surface area contributed by atoms with Gasteiger partial charge in [0, 0.05) is 18.7 Å². The summed E-state index contributed by atoms with van der Waals surface area (Å²) in [6.07, 6.45) is 3.34. The van der Waals surface area contributed by atoms with Gasteiger partial charge in [0.1, 0.15) is 11.6 Å². The topological polar surface area (TPSA) is 53.1 Å². The Labute approximate surface area is 105 Å². The minimum absolute atomic E-state index is 0.277. The van der Waals surface area contributed by atoms with Crippen molar-refractivity contribution in [2.75, 3.05) is 0 Å². The van der Waals surface area contributed by atoms with Crippen molar-refractivity contribution in [2.45, 2.75) is 19.9 Å². The van der Waals surface area contributed by atoms with E-state index in [0.717, 1.165) is 0 Å². The molecule has 96 valence electrons. The van der Waals surface area contributed by atoms with E-state index >= 15 is 0 Å². The Kier molecular flexibility index (Phi) is 3.34. The highest BCUT2D eigenvalue weighted by molar-refractivity contribution is 5.42. The zero-order chi connectivity index (χ0) is 13.3. The Morgan fingerprint density at radius 3 is 2.72 bits per heavy atom. The van der Waals surface area contributed by atoms with E-state index in [1.54, 1.807) is 44.0 Å². The number of benzene rings is 1. The second kappa shape index (κ2) is 4.78. The molecule has 18 heavy (non-hydrogen) atoms. The van der Waals surface area contributed by atoms with Gasteiger partial charge in [-0.3, -0.25) is 4.68 Å². The van der Waals surface area contributed by atoms with Gasteiger partial charge >= 0.3 is 0 Å². The molecule has 4 nitrogen and oxygen atoms in total. The van der Waals surface area contributed by atoms with Gasteiger partial charge < -0.3 is 10.5 Å². The number of rotatable bonds is 3. The van der Waals surface area contributed by atoms with Crippen LogP contribution in [-0.2, 0) is 7.05 Å². The van der Waals surface area contributed by atoms with E-state index in [4.69, 9.17) is 10.5 Å². The van der Waals surface area contributed by atoms with Crippen LogP contribution >= 0.6 is 0 Å². The fraction of sp³-hybridized carbons (Fsp3) is 0.308. The maximum absolute atomic E-state index is 13.5. The van der Waals surface area contributed by atoms with Crippen LogP contribution in [0.25, 0.3) is 0 Å². The minimum atomic E-state index is -0.299. The fourth-order valence-electron chi connectivity index (χ4n) is 1.69. The Bertz CT molecular complexity index is 563. The first-order chi connectivity index (χ1) is 8.47. The summed E-state index contributed by atoms with van der Waals surface area (Å²) in [5.74, 6) is 0.892. The first-order valence-electron chi connectivity index (χ1n) is 5.69. The molecule has 1 heterocycles. The molecule has 0 radical (unpaired) electrons. The summed E-state index contributed by atoms with van der Waals surface area (Å²) in [5.41, 5.74) is 6.99. The van der Waals surface area contributed by atoms with Crippen molar-refractivity contribution in [3.63, 3.8) is 0 Å². The monoisotopic (exact) mass is 249 g/mol. The van der Waals surface area contributed by atoms with E-state index in [0.29, 0.717) is 22.6 Å². The molecule has 0 bridgehead atoms. The molecule has 1 aromatic heterocycles. The van der Waals surface area contributed by atoms with E-state index in [1.807, 2.05) is 0 Å². The third kappa shape index (κ3) is 2.51. The minimum Gasteiger partial charge on any atom is -0.454 e. The van der Waals surface area contributed by atoms with Crippen molar-refractivity contribution in [1.29, 1.82) is 0 Å². The molecule has 1 aromatic carbocycles. The summed E-state index contributed by atoms with van der Waals surface area (Å²) in [4.78, 5) is 0. The van der Waals surface area contributed by atoms with E-state index < -0.39 is 0 Å². The summed E-state index contributed by atoms with van der Waals surface area (Å²) < 4.78 is 20.9. The first-order valence-corrected chi connectivity index (χ1v) is 5.69. The number of aromatic nitrogens is 2. The van der Waals surface area contributed by atoms with Crippen LogP contribution in [0.4, 0.5) is 4.39 Å². The molecule has 0 saturated heterocycles. The Hall–Kier alpha value is -1.88. The summed E-state index contributed by atoms with van der Waals surface area (Å²) in [6, 6.07) is 2.78. The molecule has 1 unspecified atom stereocenters. The average Bonchev–Trinajstić information content (AvgIpc) is 2.68. The normalized spacial score (nSPS) is 12.5. The number of hydrogen-bond donors (Lipinski definition) is 1. The predicted octanol–water partition coefficient (Wildman–Crippen LogP) is 2.68. The lowest BCUT2D eigenvalue weighted by atomic mass is 10.1. The second-order valence-corrected chi connectivity index (χ2v) is 4.38. The number of hydrogen-bond acceptors (Lipinski definition) is 3. The van der Waals surface area contributed by atoms with Crippen molar-refractivity contribution in [3.05, 3.63) is 41.5 Å². The Morgan fingerprint density at radius 1 is 1.44 bits per heavy atom. The highest BCUT2D eigenvalue weighted by atomic mass is 19.1. The quantitative estimate of drug-likeness (QED) is 0.909. The molecule has 0 aliphatic rings. The zero-order valence-electron chi connectivity index (χ0n) is 10.6. The third-order valence-electron chi connectivity index (χ3n) is 2.69. The van der Waals surface area contributed by atoms with Crippen molar-refractivity contribution in [2.24, 2.45) is 12.8 Å². The predicted molar refractivity (Wildman–Crippen MR) is 67.0 cm³/mol. The van der Waals surface area contributed by atoms with Crippen LogP contribution in [-0.4, -0.2) is 9.78 Å². The lowest BCUT2D eigenvalue weighted by Gasteiger charge is -2.14. The molecule has 0 aliphatic carbocycles. The highest BCUT2D eigenvalue weighted by Crippen LogP contribution is 2.30. The lowest BCUT2D eigenvalue weighted by molar-refractivity contribution is 0.467. The van der Waals surface area contributed by atoms with Crippen molar-refractivity contribution >= 4 is 0 Å². The first kappa shape index (κ1) is 12.6. The van der Waals surface area contributed by atoms with Gasteiger partial charge in [0.15, 0.2) is 5.75 Å². The molecule has 0 amide bonds. The molecule has 2 N–H and O–H groups in total. The molecule has 0 saturated carbocycles. The van der Waals surface area contributed by atoms with E-state index in [2.05, 4.69) is 5.10 Å². The van der Waals surface area contributed by atoms with Crippen LogP contribution < -0.4 is 10.5 Å². The van der Waals surface area contributed by atoms with Gasteiger partial charge in [0.05, 0.1) is 12.4 Å². The number of aryl methyl sites for hydroxylation is 2. The largest absolute Gasteiger partial charge is 0.454 e. The summed E-state index contributed by atoms with van der Waals surface area (Å²) in [5, 5.41) is 4.01. The molecule has 0 spiro atoms. The second-order valence-electron chi connectivity index (χ2n) is 4.38. The SMILES string of the molecule is Cc1cc(Oc2cnn(C)c2)c(C(C)N)cc1F. The Balaban J connectivity index is 2.39. The van der Waals surface area contributed by atoms with Gasteiger partial charge in [-0.2, -0.15) is 5.10 Å². The standard InChI is InChI=1S/C13H16FN3O/c1-8-4-13(11(9(2)15)5-12(8)14)18-10-6-16-17(3)7-10/h4-7,9H,15H2,1-3H3. The molecule has 5 heteroatoms. The zero-order valence-corrected chi connectivity index (χ0v) is 10.6. The van der Waals surface area contributed by atoms with Crippen LogP contribution in [0.15, 0.2) is 24.5 Å². The molecular weight excluding hydrogens is 233 g/mol.